The lowest BCUT2D eigenvalue weighted by molar-refractivity contribution is -0.610. The molecule has 3 aromatic rings. The number of aliphatic hydroxyl groups is 1. The van der Waals surface area contributed by atoms with E-state index >= 15 is 0 Å². The first-order chi connectivity index (χ1) is 19.9. The highest BCUT2D eigenvalue weighted by atomic mass is 35.5. The normalized spacial score (nSPS) is 30.6. The second kappa shape index (κ2) is 9.61. The van der Waals surface area contributed by atoms with Gasteiger partial charge in [-0.15, -0.1) is 0 Å². The van der Waals surface area contributed by atoms with Gasteiger partial charge in [-0.3, -0.25) is 19.8 Å². The Hall–Kier alpha value is -3.30. The quantitative estimate of drug-likeness (QED) is 0.332. The average Bonchev–Trinajstić information content (AvgIpc) is 3.72. The molecule has 2 saturated carbocycles. The van der Waals surface area contributed by atoms with Gasteiger partial charge >= 0.3 is 5.91 Å². The van der Waals surface area contributed by atoms with Crippen LogP contribution in [0.2, 0.25) is 0 Å². The van der Waals surface area contributed by atoms with Crippen molar-refractivity contribution in [2.24, 2.45) is 5.92 Å². The van der Waals surface area contributed by atoms with Crippen LogP contribution >= 0.6 is 0 Å². The zero-order valence-corrected chi connectivity index (χ0v) is 23.8. The Morgan fingerprint density at radius 1 is 1.02 bits per heavy atom. The fourth-order valence-corrected chi connectivity index (χ4v) is 8.67. The first kappa shape index (κ1) is 27.5. The number of primary amides is 1. The number of hydrogen-bond acceptors (Lipinski definition) is 7. The van der Waals surface area contributed by atoms with E-state index in [2.05, 4.69) is 4.90 Å². The number of benzene rings is 3. The van der Waals surface area contributed by atoms with E-state index in [0.29, 0.717) is 53.2 Å². The predicted octanol–water partition coefficient (Wildman–Crippen LogP) is -0.489. The minimum absolute atomic E-state index is 0. The summed E-state index contributed by atoms with van der Waals surface area (Å²) < 4.78 is 6.59. The van der Waals surface area contributed by atoms with Crippen molar-refractivity contribution in [2.75, 3.05) is 13.1 Å². The largest absolute Gasteiger partial charge is 1.00 e. The first-order valence-corrected chi connectivity index (χ1v) is 14.7. The van der Waals surface area contributed by atoms with Crippen LogP contribution in [0, 0.1) is 5.92 Å². The number of rotatable bonds is 6. The molecule has 9 heteroatoms. The van der Waals surface area contributed by atoms with Gasteiger partial charge in [-0.1, -0.05) is 12.1 Å². The van der Waals surface area contributed by atoms with Crippen molar-refractivity contribution in [1.82, 2.24) is 4.90 Å². The van der Waals surface area contributed by atoms with E-state index in [4.69, 9.17) is 4.74 Å². The molecule has 8 nitrogen and oxygen atoms in total. The average molecular weight is 589 g/mol. The van der Waals surface area contributed by atoms with Gasteiger partial charge in [0.1, 0.15) is 6.04 Å². The van der Waals surface area contributed by atoms with Crippen LogP contribution in [0.25, 0.3) is 10.8 Å². The third-order valence-corrected chi connectivity index (χ3v) is 10.8. The number of amides is 1. The van der Waals surface area contributed by atoms with Crippen LogP contribution in [0.5, 0.6) is 11.5 Å². The molecule has 3 aliphatic carbocycles. The number of nitrogens with two attached hydrogens (primary N) is 1. The van der Waals surface area contributed by atoms with Gasteiger partial charge in [-0.05, 0) is 91.2 Å². The molecule has 2 aliphatic heterocycles. The molecule has 2 bridgehead atoms. The van der Waals surface area contributed by atoms with Gasteiger partial charge < -0.3 is 27.4 Å². The standard InChI is InChI=1S/C33H32N2O6.ClH/c36-16-23-11-19-3-4-21(12-22(19)13-24(23)17-37)31(39)34-25-7-8-33(40)27-14-20-5-6-26(38)29-28(20)32(33,30(25)41-29)9-10-35(27)15-18-1-2-18;/h3-6,11-13,16-18,25,27,30,38,40H,1-2,7-10,14-15H2,(H,34,39);1H/t25-,27-,30+,32+,33-;/m1./s1. The van der Waals surface area contributed by atoms with E-state index < -0.39 is 17.1 Å². The van der Waals surface area contributed by atoms with Crippen LogP contribution in [0.3, 0.4) is 0 Å². The number of nitrogens with zero attached hydrogens (tertiary/aromatic N) is 1. The van der Waals surface area contributed by atoms with Crippen molar-refractivity contribution in [3.63, 3.8) is 0 Å². The topological polar surface area (TPSA) is 121 Å². The molecule has 5 aliphatic rings. The van der Waals surface area contributed by atoms with Gasteiger partial charge in [-0.2, -0.15) is 0 Å². The molecule has 2 heterocycles. The number of ether oxygens (including phenoxy) is 1. The van der Waals surface area contributed by atoms with Crippen molar-refractivity contribution in [1.29, 1.82) is 0 Å². The molecule has 4 N–H and O–H groups in total. The Kier molecular flexibility index (Phi) is 6.30. The zero-order chi connectivity index (χ0) is 28.1. The summed E-state index contributed by atoms with van der Waals surface area (Å²) in [6.07, 6.45) is 6.02. The highest BCUT2D eigenvalue weighted by Crippen LogP contribution is 2.65. The smallest absolute Gasteiger partial charge is 0.342 e. The summed E-state index contributed by atoms with van der Waals surface area (Å²) in [4.78, 5) is 39.1. The highest BCUT2D eigenvalue weighted by Gasteiger charge is 2.74. The molecule has 3 fully saturated rings. The number of carbonyl (C=O) groups excluding carboxylic acids is 3. The predicted molar refractivity (Wildman–Crippen MR) is 150 cm³/mol. The van der Waals surface area contributed by atoms with Crippen LogP contribution in [0.1, 0.15) is 74.3 Å². The summed E-state index contributed by atoms with van der Waals surface area (Å²) in [5, 5.41) is 26.7. The lowest BCUT2D eigenvalue weighted by Crippen LogP contribution is -3.00. The van der Waals surface area contributed by atoms with Gasteiger partial charge in [0.2, 0.25) is 0 Å². The molecular formula is C33H33ClN2O6. The zero-order valence-electron chi connectivity index (χ0n) is 23.1. The molecule has 218 valence electrons. The molecule has 0 aromatic heterocycles. The number of aldehydes is 2. The molecule has 0 radical (unpaired) electrons. The van der Waals surface area contributed by atoms with E-state index in [1.807, 2.05) is 6.07 Å². The van der Waals surface area contributed by atoms with Gasteiger partial charge in [-0.25, -0.2) is 4.79 Å². The molecule has 0 unspecified atom stereocenters. The van der Waals surface area contributed by atoms with Crippen molar-refractivity contribution in [2.45, 2.75) is 67.7 Å². The number of quaternary nitrogens is 1. The maximum absolute atomic E-state index is 13.7. The summed E-state index contributed by atoms with van der Waals surface area (Å²) in [6.45, 7) is 1.88. The molecule has 1 spiro atoms. The van der Waals surface area contributed by atoms with Crippen LogP contribution in [-0.2, 0) is 11.8 Å². The fraction of sp³-hybridized carbons (Fsp3) is 0.424. The number of carbonyl (C=O) groups is 3. The number of fused-ring (bicyclic) bond motifs is 1. The molecule has 1 saturated heterocycles. The Morgan fingerprint density at radius 3 is 2.52 bits per heavy atom. The van der Waals surface area contributed by atoms with E-state index in [-0.39, 0.29) is 36.1 Å². The van der Waals surface area contributed by atoms with Crippen LogP contribution in [0.4, 0.5) is 0 Å². The van der Waals surface area contributed by atoms with E-state index in [1.54, 1.807) is 41.7 Å². The van der Waals surface area contributed by atoms with Crippen molar-refractivity contribution in [3.8, 4) is 11.5 Å². The Bertz CT molecular complexity index is 1660. The number of likely N-dealkylation sites (tertiary alicyclic amines) is 1. The molecule has 5 atom stereocenters. The Morgan fingerprint density at radius 2 is 1.79 bits per heavy atom. The Balaban J connectivity index is 0.00000288. The van der Waals surface area contributed by atoms with Gasteiger partial charge in [0.05, 0.1) is 16.6 Å². The molecule has 1 amide bonds. The van der Waals surface area contributed by atoms with Gasteiger partial charge in [0, 0.05) is 35.7 Å². The van der Waals surface area contributed by atoms with Crippen LogP contribution in [0.15, 0.2) is 42.5 Å². The van der Waals surface area contributed by atoms with Crippen LogP contribution < -0.4 is 22.5 Å². The van der Waals surface area contributed by atoms with Gasteiger partial charge in [0.15, 0.2) is 30.2 Å². The summed E-state index contributed by atoms with van der Waals surface area (Å²) in [5.74, 6) is 1.14. The third-order valence-electron chi connectivity index (χ3n) is 10.8. The lowest BCUT2D eigenvalue weighted by Gasteiger charge is -2.63. The van der Waals surface area contributed by atoms with E-state index in [9.17, 15) is 24.6 Å². The van der Waals surface area contributed by atoms with Crippen LogP contribution in [-0.4, -0.2) is 70.5 Å². The maximum atomic E-state index is 13.7. The monoisotopic (exact) mass is 588 g/mol. The number of phenols is 1. The van der Waals surface area contributed by atoms with E-state index in [1.165, 1.54) is 12.8 Å². The minimum Gasteiger partial charge on any atom is -1.00 e. The maximum Gasteiger partial charge on any atom is 0.342 e. The summed E-state index contributed by atoms with van der Waals surface area (Å²) in [5.41, 5.74) is 1.53. The van der Waals surface area contributed by atoms with Crippen molar-refractivity contribution < 1.29 is 47.1 Å². The molecule has 42 heavy (non-hydrogen) atoms. The minimum atomic E-state index is -0.991. The molecular weight excluding hydrogens is 556 g/mol. The number of hydrogen-bond donors (Lipinski definition) is 3. The van der Waals surface area contributed by atoms with Crippen molar-refractivity contribution >= 4 is 29.3 Å². The molecule has 3 aromatic carbocycles. The summed E-state index contributed by atoms with van der Waals surface area (Å²) in [6, 6.07) is 12.0. The first-order valence-electron chi connectivity index (χ1n) is 14.7. The number of aromatic hydroxyl groups is 1. The van der Waals surface area contributed by atoms with Gasteiger partial charge in [0.25, 0.3) is 0 Å². The Labute approximate surface area is 249 Å². The molecule has 8 rings (SSSR count). The fourth-order valence-electron chi connectivity index (χ4n) is 8.67. The second-order valence-electron chi connectivity index (χ2n) is 12.8. The highest BCUT2D eigenvalue weighted by molar-refractivity contribution is 6.00. The SMILES string of the molecule is O=Cc1cc2ccc(C(=O)[NH2+][C@@H]3CC[C@@]4(O)[C@H]5Cc6ccc(O)c7c6[C@@]4(CCN5CC4CC4)[C@H]3O7)cc2cc1C=O.[Cl-]. The van der Waals surface area contributed by atoms with E-state index in [0.717, 1.165) is 48.4 Å². The number of halogens is 1. The lowest BCUT2D eigenvalue weighted by atomic mass is 9.48. The number of piperidine rings is 1. The number of phenolic OH excluding ortho intramolecular Hbond substituents is 1. The van der Waals surface area contributed by atoms with Crippen molar-refractivity contribution in [3.05, 3.63) is 70.3 Å². The summed E-state index contributed by atoms with van der Waals surface area (Å²) in [7, 11) is 0. The third kappa shape index (κ3) is 3.68. The summed E-state index contributed by atoms with van der Waals surface area (Å²) >= 11 is 0. The second-order valence-corrected chi connectivity index (χ2v) is 12.8.